The fraction of sp³-hybridized carbons (Fsp3) is 0.583. The van der Waals surface area contributed by atoms with Crippen molar-refractivity contribution < 1.29 is 14.9 Å². The molecule has 0 bridgehead atoms. The van der Waals surface area contributed by atoms with Gasteiger partial charge in [0, 0.05) is 11.8 Å². The maximum Gasteiger partial charge on any atom is 0.166 e. The Morgan fingerprint density at radius 1 is 1.40 bits per heavy atom. The van der Waals surface area contributed by atoms with Gasteiger partial charge in [0.05, 0.1) is 25.6 Å². The minimum Gasteiger partial charge on any atom is -0.396 e. The Kier molecular flexibility index (Phi) is 3.37. The molecule has 0 aromatic carbocycles. The van der Waals surface area contributed by atoms with E-state index in [0.717, 1.165) is 0 Å². The molecule has 3 heterocycles. The second-order valence-corrected chi connectivity index (χ2v) is 5.46. The molecule has 2 N–H and O–H groups in total. The highest BCUT2D eigenvalue weighted by atomic mass is 35.5. The first-order chi connectivity index (χ1) is 9.61. The monoisotopic (exact) mass is 298 g/mol. The molecule has 1 aliphatic heterocycles. The van der Waals surface area contributed by atoms with Crippen LogP contribution in [0.25, 0.3) is 11.2 Å². The van der Waals surface area contributed by atoms with Crippen LogP contribution in [0.4, 0.5) is 0 Å². The molecule has 1 fully saturated rings. The number of aliphatic hydroxyl groups excluding tert-OH is 2. The number of aromatic nitrogens is 4. The molecule has 8 heteroatoms. The maximum atomic E-state index is 9.55. The molecule has 1 saturated heterocycles. The summed E-state index contributed by atoms with van der Waals surface area (Å²) in [5.41, 5.74) is 0.433. The van der Waals surface area contributed by atoms with Crippen molar-refractivity contribution in [3.05, 3.63) is 17.8 Å². The van der Waals surface area contributed by atoms with Crippen molar-refractivity contribution in [2.75, 3.05) is 13.2 Å². The minimum absolute atomic E-state index is 0.135. The third kappa shape index (κ3) is 1.89. The summed E-state index contributed by atoms with van der Waals surface area (Å²) in [5.74, 6) is 0. The molecule has 0 radical (unpaired) electrons. The van der Waals surface area contributed by atoms with Crippen LogP contribution in [0.15, 0.2) is 12.7 Å². The molecule has 0 amide bonds. The molecule has 0 saturated carbocycles. The van der Waals surface area contributed by atoms with Crippen LogP contribution in [-0.4, -0.2) is 49.0 Å². The number of halogens is 1. The van der Waals surface area contributed by atoms with E-state index in [0.29, 0.717) is 17.6 Å². The molecule has 20 heavy (non-hydrogen) atoms. The summed E-state index contributed by atoms with van der Waals surface area (Å²) in [6.07, 6.45) is 2.83. The van der Waals surface area contributed by atoms with E-state index in [4.69, 9.17) is 16.3 Å². The average molecular weight is 299 g/mol. The van der Waals surface area contributed by atoms with Crippen LogP contribution in [0.2, 0.25) is 5.15 Å². The lowest BCUT2D eigenvalue weighted by atomic mass is 9.83. The van der Waals surface area contributed by atoms with Gasteiger partial charge in [-0.25, -0.2) is 15.0 Å². The summed E-state index contributed by atoms with van der Waals surface area (Å²) in [7, 11) is 0. The van der Waals surface area contributed by atoms with Crippen LogP contribution in [-0.2, 0) is 4.74 Å². The highest BCUT2D eigenvalue weighted by Gasteiger charge is 2.46. The first-order valence-corrected chi connectivity index (χ1v) is 6.69. The molecule has 2 atom stereocenters. The Balaban J connectivity index is 1.99. The fourth-order valence-electron chi connectivity index (χ4n) is 2.58. The zero-order valence-electron chi connectivity index (χ0n) is 10.9. The van der Waals surface area contributed by atoms with Crippen molar-refractivity contribution in [3.63, 3.8) is 0 Å². The van der Waals surface area contributed by atoms with E-state index in [9.17, 15) is 10.2 Å². The fourth-order valence-corrected chi connectivity index (χ4v) is 2.75. The van der Waals surface area contributed by atoms with Gasteiger partial charge in [0.1, 0.15) is 18.1 Å². The van der Waals surface area contributed by atoms with Gasteiger partial charge in [0.2, 0.25) is 0 Å². The highest BCUT2D eigenvalue weighted by molar-refractivity contribution is 6.33. The predicted octanol–water partition coefficient (Wildman–Crippen LogP) is 0.758. The number of imidazole rings is 1. The lowest BCUT2D eigenvalue weighted by molar-refractivity contribution is -0.0348. The Hall–Kier alpha value is -1.28. The Bertz CT molecular complexity index is 628. The first-order valence-electron chi connectivity index (χ1n) is 6.31. The summed E-state index contributed by atoms with van der Waals surface area (Å²) in [6.45, 7) is 1.57. The molecule has 2 aromatic heterocycles. The molecule has 0 spiro atoms. The topological polar surface area (TPSA) is 93.3 Å². The largest absolute Gasteiger partial charge is 0.396 e. The van der Waals surface area contributed by atoms with E-state index >= 15 is 0 Å². The zero-order valence-corrected chi connectivity index (χ0v) is 11.7. The van der Waals surface area contributed by atoms with Crippen LogP contribution in [0.5, 0.6) is 0 Å². The third-order valence-corrected chi connectivity index (χ3v) is 4.34. The van der Waals surface area contributed by atoms with E-state index in [2.05, 4.69) is 15.0 Å². The van der Waals surface area contributed by atoms with Gasteiger partial charge in [-0.2, -0.15) is 0 Å². The van der Waals surface area contributed by atoms with Crippen LogP contribution < -0.4 is 0 Å². The summed E-state index contributed by atoms with van der Waals surface area (Å²) in [4.78, 5) is 12.2. The predicted molar refractivity (Wildman–Crippen MR) is 71.1 cm³/mol. The number of hydrogen-bond donors (Lipinski definition) is 2. The first kappa shape index (κ1) is 13.7. The second-order valence-electron chi connectivity index (χ2n) is 5.10. The SMILES string of the molecule is C[C@H]1O[C@H](n2cnc3c(Cl)ncnc32)CC1(CO)CO. The van der Waals surface area contributed by atoms with Crippen molar-refractivity contribution in [2.24, 2.45) is 5.41 Å². The molecule has 0 aliphatic carbocycles. The van der Waals surface area contributed by atoms with Crippen molar-refractivity contribution in [1.29, 1.82) is 0 Å². The van der Waals surface area contributed by atoms with Gasteiger partial charge in [-0.1, -0.05) is 11.6 Å². The Morgan fingerprint density at radius 3 is 2.80 bits per heavy atom. The van der Waals surface area contributed by atoms with Gasteiger partial charge in [0.15, 0.2) is 10.8 Å². The lowest BCUT2D eigenvalue weighted by Gasteiger charge is -2.26. The summed E-state index contributed by atoms with van der Waals surface area (Å²) in [5, 5.41) is 19.4. The Labute approximate surface area is 120 Å². The molecule has 0 unspecified atom stereocenters. The normalized spacial score (nSPS) is 25.4. The molecule has 7 nitrogen and oxygen atoms in total. The van der Waals surface area contributed by atoms with Gasteiger partial charge in [-0.3, -0.25) is 4.57 Å². The van der Waals surface area contributed by atoms with Crippen molar-refractivity contribution in [3.8, 4) is 0 Å². The van der Waals surface area contributed by atoms with E-state index in [1.54, 1.807) is 10.9 Å². The van der Waals surface area contributed by atoms with Crippen LogP contribution >= 0.6 is 11.6 Å². The van der Waals surface area contributed by atoms with E-state index < -0.39 is 5.41 Å². The number of aliphatic hydroxyl groups is 2. The molecular weight excluding hydrogens is 284 g/mol. The number of fused-ring (bicyclic) bond motifs is 1. The highest BCUT2D eigenvalue weighted by Crippen LogP contribution is 2.43. The van der Waals surface area contributed by atoms with Gasteiger partial charge >= 0.3 is 0 Å². The standard InChI is InChI=1S/C12H15ClN4O3/c1-7-12(3-18,4-19)2-8(20-7)17-6-16-9-10(13)14-5-15-11(9)17/h5-8,18-19H,2-4H2,1H3/t7-,8+/m1/s1. The quantitative estimate of drug-likeness (QED) is 0.813. The second kappa shape index (κ2) is 4.92. The van der Waals surface area contributed by atoms with Crippen molar-refractivity contribution >= 4 is 22.8 Å². The molecular formula is C12H15ClN4O3. The molecule has 2 aromatic rings. The van der Waals surface area contributed by atoms with E-state index in [1.165, 1.54) is 6.33 Å². The van der Waals surface area contributed by atoms with Gasteiger partial charge in [-0.15, -0.1) is 0 Å². The third-order valence-electron chi connectivity index (χ3n) is 4.06. The van der Waals surface area contributed by atoms with Crippen molar-refractivity contribution in [2.45, 2.75) is 25.7 Å². The number of ether oxygens (including phenoxy) is 1. The van der Waals surface area contributed by atoms with Crippen LogP contribution in [0.3, 0.4) is 0 Å². The van der Waals surface area contributed by atoms with Crippen LogP contribution in [0, 0.1) is 5.41 Å². The summed E-state index contributed by atoms with van der Waals surface area (Å²) < 4.78 is 7.61. The number of rotatable bonds is 3. The molecule has 3 rings (SSSR count). The smallest absolute Gasteiger partial charge is 0.166 e. The number of nitrogens with zero attached hydrogens (tertiary/aromatic N) is 4. The van der Waals surface area contributed by atoms with Crippen molar-refractivity contribution in [1.82, 2.24) is 19.5 Å². The van der Waals surface area contributed by atoms with Gasteiger partial charge in [0.25, 0.3) is 0 Å². The number of hydrogen-bond acceptors (Lipinski definition) is 6. The minimum atomic E-state index is -0.655. The summed E-state index contributed by atoms with van der Waals surface area (Å²) >= 11 is 5.97. The maximum absolute atomic E-state index is 9.55. The lowest BCUT2D eigenvalue weighted by Crippen LogP contribution is -2.36. The zero-order chi connectivity index (χ0) is 14.3. The van der Waals surface area contributed by atoms with E-state index in [1.807, 2.05) is 6.92 Å². The Morgan fingerprint density at radius 2 is 2.15 bits per heavy atom. The van der Waals surface area contributed by atoms with Gasteiger partial charge < -0.3 is 14.9 Å². The molecule has 1 aliphatic rings. The van der Waals surface area contributed by atoms with Gasteiger partial charge in [-0.05, 0) is 6.92 Å². The average Bonchev–Trinajstić information content (AvgIpc) is 3.01. The summed E-state index contributed by atoms with van der Waals surface area (Å²) in [6, 6.07) is 0. The van der Waals surface area contributed by atoms with Crippen LogP contribution in [0.1, 0.15) is 19.6 Å². The van der Waals surface area contributed by atoms with E-state index in [-0.39, 0.29) is 30.7 Å². The molecule has 108 valence electrons.